The molecule has 1 aliphatic rings. The molecule has 3 N–H and O–H groups in total. The number of likely N-dealkylation sites (tertiary alicyclic amines) is 1. The number of benzene rings is 1. The van der Waals surface area contributed by atoms with Crippen molar-refractivity contribution in [1.82, 2.24) is 15.1 Å². The Morgan fingerprint density at radius 1 is 1.12 bits per heavy atom. The van der Waals surface area contributed by atoms with Crippen molar-refractivity contribution < 1.29 is 28.0 Å². The lowest BCUT2D eigenvalue weighted by Gasteiger charge is -2.33. The van der Waals surface area contributed by atoms with E-state index in [4.69, 9.17) is 4.74 Å². The van der Waals surface area contributed by atoms with E-state index in [9.17, 15) is 23.2 Å². The molecule has 10 heteroatoms. The molecule has 0 aromatic heterocycles. The van der Waals surface area contributed by atoms with Gasteiger partial charge in [0, 0.05) is 19.6 Å². The number of hydrogen-bond acceptors (Lipinski definition) is 6. The van der Waals surface area contributed by atoms with Crippen LogP contribution in [0.3, 0.4) is 0 Å². The minimum absolute atomic E-state index is 0.0637. The second kappa shape index (κ2) is 12.2. The average molecular weight is 470 g/mol. The van der Waals surface area contributed by atoms with Crippen LogP contribution in [0.15, 0.2) is 29.2 Å². The number of hydroxylamine groups is 1. The van der Waals surface area contributed by atoms with Crippen molar-refractivity contribution in [3.63, 3.8) is 0 Å². The van der Waals surface area contributed by atoms with Gasteiger partial charge in [0.05, 0.1) is 12.0 Å². The third-order valence-electron chi connectivity index (χ3n) is 5.75. The number of nitrogens with one attached hydrogen (secondary N) is 2. The molecule has 0 radical (unpaired) electrons. The molecule has 0 unspecified atom stereocenters. The van der Waals surface area contributed by atoms with Crippen LogP contribution < -0.4 is 14.9 Å². The van der Waals surface area contributed by atoms with E-state index in [2.05, 4.69) is 4.72 Å². The summed E-state index contributed by atoms with van der Waals surface area (Å²) < 4.78 is 32.9. The molecular formula is C22H35N3O6S. The van der Waals surface area contributed by atoms with E-state index in [-0.39, 0.29) is 29.7 Å². The second-order valence-electron chi connectivity index (χ2n) is 8.59. The molecule has 1 aromatic carbocycles. The molecule has 1 aromatic rings. The summed E-state index contributed by atoms with van der Waals surface area (Å²) in [4.78, 5) is 27.5. The van der Waals surface area contributed by atoms with Crippen LogP contribution in [0.1, 0.15) is 46.0 Å². The van der Waals surface area contributed by atoms with E-state index in [1.165, 1.54) is 19.2 Å². The molecule has 1 fully saturated rings. The van der Waals surface area contributed by atoms with Gasteiger partial charge in [0.25, 0.3) is 5.91 Å². The molecule has 2 atom stereocenters. The molecule has 1 aliphatic heterocycles. The van der Waals surface area contributed by atoms with E-state index < -0.39 is 27.8 Å². The summed E-state index contributed by atoms with van der Waals surface area (Å²) in [5, 5.41) is 9.29. The standard InChI is InChI=1S/C22H35N3O6S/c1-16(2)15-17(20(21(26)24-28)22(27)25-13-5-4-6-14-25)11-12-23-32(29,30)19-9-7-18(31-3)8-10-19/h7-10,16-17,20,23,28H,4-6,11-15H2,1-3H3,(H,24,26)/t17-,20+/m0/s1. The Hall–Kier alpha value is -2.17. The number of carbonyl (C=O) groups is 2. The number of amides is 2. The summed E-state index contributed by atoms with van der Waals surface area (Å²) in [7, 11) is -2.25. The molecular weight excluding hydrogens is 434 g/mol. The van der Waals surface area contributed by atoms with Crippen LogP contribution in [0, 0.1) is 17.8 Å². The monoisotopic (exact) mass is 469 g/mol. The number of carbonyl (C=O) groups excluding carboxylic acids is 2. The van der Waals surface area contributed by atoms with Crippen molar-refractivity contribution in [1.29, 1.82) is 0 Å². The van der Waals surface area contributed by atoms with Crippen LogP contribution in [-0.2, 0) is 19.6 Å². The lowest BCUT2D eigenvalue weighted by molar-refractivity contribution is -0.149. The second-order valence-corrected chi connectivity index (χ2v) is 10.4. The quantitative estimate of drug-likeness (QED) is 0.259. The van der Waals surface area contributed by atoms with Crippen molar-refractivity contribution in [2.75, 3.05) is 26.7 Å². The number of methoxy groups -OCH3 is 1. The molecule has 2 rings (SSSR count). The molecule has 0 bridgehead atoms. The van der Waals surface area contributed by atoms with Gasteiger partial charge in [-0.2, -0.15) is 0 Å². The fourth-order valence-corrected chi connectivity index (χ4v) is 5.20. The number of nitrogens with zero attached hydrogens (tertiary/aromatic N) is 1. The molecule has 0 saturated carbocycles. The van der Waals surface area contributed by atoms with Crippen LogP contribution in [0.25, 0.3) is 0 Å². The van der Waals surface area contributed by atoms with Crippen LogP contribution in [-0.4, -0.2) is 57.1 Å². The fourth-order valence-electron chi connectivity index (χ4n) is 4.15. The highest BCUT2D eigenvalue weighted by Gasteiger charge is 2.38. The highest BCUT2D eigenvalue weighted by atomic mass is 32.2. The van der Waals surface area contributed by atoms with Gasteiger partial charge < -0.3 is 9.64 Å². The van der Waals surface area contributed by atoms with Crippen molar-refractivity contribution in [2.24, 2.45) is 17.8 Å². The van der Waals surface area contributed by atoms with Crippen LogP contribution >= 0.6 is 0 Å². The first-order valence-electron chi connectivity index (χ1n) is 11.1. The molecule has 0 aliphatic carbocycles. The lowest BCUT2D eigenvalue weighted by Crippen LogP contribution is -2.48. The topological polar surface area (TPSA) is 125 Å². The number of sulfonamides is 1. The Bertz CT molecular complexity index is 851. The summed E-state index contributed by atoms with van der Waals surface area (Å²) in [6.07, 6.45) is 3.64. The van der Waals surface area contributed by atoms with Crippen molar-refractivity contribution in [3.05, 3.63) is 24.3 Å². The zero-order valence-corrected chi connectivity index (χ0v) is 19.9. The van der Waals surface area contributed by atoms with Crippen LogP contribution in [0.2, 0.25) is 0 Å². The highest BCUT2D eigenvalue weighted by molar-refractivity contribution is 7.89. The minimum atomic E-state index is -3.75. The number of piperidine rings is 1. The predicted molar refractivity (Wildman–Crippen MR) is 120 cm³/mol. The van der Waals surface area contributed by atoms with E-state index in [0.717, 1.165) is 19.3 Å². The number of ether oxygens (including phenoxy) is 1. The first-order chi connectivity index (χ1) is 15.2. The van der Waals surface area contributed by atoms with Gasteiger partial charge in [-0.25, -0.2) is 18.6 Å². The van der Waals surface area contributed by atoms with Gasteiger partial charge in [-0.3, -0.25) is 14.8 Å². The maximum atomic E-state index is 13.2. The van der Waals surface area contributed by atoms with E-state index in [1.807, 2.05) is 13.8 Å². The maximum Gasteiger partial charge on any atom is 0.256 e. The van der Waals surface area contributed by atoms with Crippen molar-refractivity contribution in [2.45, 2.75) is 50.8 Å². The summed E-state index contributed by atoms with van der Waals surface area (Å²) in [5.41, 5.74) is 1.65. The summed E-state index contributed by atoms with van der Waals surface area (Å²) in [6, 6.07) is 6.04. The highest BCUT2D eigenvalue weighted by Crippen LogP contribution is 2.27. The molecule has 0 spiro atoms. The Kier molecular flexibility index (Phi) is 9.92. The predicted octanol–water partition coefficient (Wildman–Crippen LogP) is 2.16. The Morgan fingerprint density at radius 3 is 2.28 bits per heavy atom. The first kappa shape index (κ1) is 26.1. The van der Waals surface area contributed by atoms with Crippen molar-refractivity contribution in [3.8, 4) is 5.75 Å². The van der Waals surface area contributed by atoms with Gasteiger partial charge in [-0.05, 0) is 68.2 Å². The van der Waals surface area contributed by atoms with Crippen LogP contribution in [0.4, 0.5) is 0 Å². The maximum absolute atomic E-state index is 13.2. The molecule has 9 nitrogen and oxygen atoms in total. The zero-order chi connectivity index (χ0) is 23.7. The van der Waals surface area contributed by atoms with Gasteiger partial charge in [-0.15, -0.1) is 0 Å². The normalized spacial score (nSPS) is 16.5. The molecule has 32 heavy (non-hydrogen) atoms. The van der Waals surface area contributed by atoms with Gasteiger partial charge in [-0.1, -0.05) is 13.8 Å². The Labute approximate surface area is 190 Å². The third kappa shape index (κ3) is 7.18. The van der Waals surface area contributed by atoms with Gasteiger partial charge >= 0.3 is 0 Å². The first-order valence-corrected chi connectivity index (χ1v) is 12.5. The zero-order valence-electron chi connectivity index (χ0n) is 19.0. The summed E-state index contributed by atoms with van der Waals surface area (Å²) >= 11 is 0. The Balaban J connectivity index is 2.13. The van der Waals surface area contributed by atoms with Gasteiger partial charge in [0.15, 0.2) is 0 Å². The van der Waals surface area contributed by atoms with Gasteiger partial charge in [0.2, 0.25) is 15.9 Å². The van der Waals surface area contributed by atoms with E-state index in [0.29, 0.717) is 25.3 Å². The molecule has 180 valence electrons. The van der Waals surface area contributed by atoms with E-state index in [1.54, 1.807) is 22.5 Å². The average Bonchev–Trinajstić information content (AvgIpc) is 2.79. The minimum Gasteiger partial charge on any atom is -0.497 e. The number of hydrogen-bond donors (Lipinski definition) is 3. The smallest absolute Gasteiger partial charge is 0.256 e. The van der Waals surface area contributed by atoms with Crippen LogP contribution in [0.5, 0.6) is 5.75 Å². The number of rotatable bonds is 11. The summed E-state index contributed by atoms with van der Waals surface area (Å²) in [5.74, 6) is -1.80. The molecule has 2 amide bonds. The van der Waals surface area contributed by atoms with E-state index >= 15 is 0 Å². The molecule has 1 saturated heterocycles. The Morgan fingerprint density at radius 2 is 1.75 bits per heavy atom. The third-order valence-corrected chi connectivity index (χ3v) is 7.23. The largest absolute Gasteiger partial charge is 0.497 e. The fraction of sp³-hybridized carbons (Fsp3) is 0.636. The van der Waals surface area contributed by atoms with Crippen molar-refractivity contribution >= 4 is 21.8 Å². The SMILES string of the molecule is COc1ccc(S(=O)(=O)NCC[C@@H](CC(C)C)[C@H](C(=O)NO)C(=O)N2CCCCC2)cc1. The molecule has 1 heterocycles. The summed E-state index contributed by atoms with van der Waals surface area (Å²) in [6.45, 7) is 5.20. The lowest BCUT2D eigenvalue weighted by atomic mass is 9.81. The van der Waals surface area contributed by atoms with Gasteiger partial charge in [0.1, 0.15) is 11.7 Å².